The topological polar surface area (TPSA) is 77.4 Å². The highest BCUT2D eigenvalue weighted by Crippen LogP contribution is 2.19. The fraction of sp³-hybridized carbons (Fsp3) is 0.625. The summed E-state index contributed by atoms with van der Waals surface area (Å²) in [5.41, 5.74) is -1.15. The molecule has 0 unspecified atom stereocenters. The van der Waals surface area contributed by atoms with E-state index in [4.69, 9.17) is 9.47 Å². The summed E-state index contributed by atoms with van der Waals surface area (Å²) in [6.45, 7) is 3.14. The number of rotatable bonds is 3. The number of aliphatic hydroxyl groups is 1. The molecule has 0 fully saturated rings. The molecule has 0 saturated carbocycles. The molecule has 0 aliphatic rings. The molecule has 0 spiro atoms. The summed E-state index contributed by atoms with van der Waals surface area (Å²) < 4.78 is 9.68. The lowest BCUT2D eigenvalue weighted by molar-refractivity contribution is 0.0664. The van der Waals surface area contributed by atoms with Crippen LogP contribution in [0.15, 0.2) is 0 Å². The van der Waals surface area contributed by atoms with E-state index in [0.29, 0.717) is 0 Å². The van der Waals surface area contributed by atoms with E-state index in [0.717, 1.165) is 0 Å². The van der Waals surface area contributed by atoms with Gasteiger partial charge in [0.25, 0.3) is 0 Å². The van der Waals surface area contributed by atoms with Gasteiger partial charge in [-0.25, -0.2) is 0 Å². The van der Waals surface area contributed by atoms with Gasteiger partial charge >= 0.3 is 12.0 Å². The Bertz CT molecular complexity index is 300. The van der Waals surface area contributed by atoms with Gasteiger partial charge in [-0.15, -0.1) is 4.98 Å². The van der Waals surface area contributed by atoms with E-state index in [-0.39, 0.29) is 17.8 Å². The molecule has 0 saturated heterocycles. The highest BCUT2D eigenvalue weighted by molar-refractivity contribution is 5.09. The molecule has 0 radical (unpaired) electrons. The maximum Gasteiger partial charge on any atom is 0.322 e. The number of hydrogen-bond donors (Lipinski definition) is 1. The summed E-state index contributed by atoms with van der Waals surface area (Å²) in [7, 11) is 2.87. The first-order chi connectivity index (χ1) is 6.47. The van der Waals surface area contributed by atoms with Gasteiger partial charge in [-0.2, -0.15) is 9.97 Å². The van der Waals surface area contributed by atoms with E-state index in [9.17, 15) is 5.11 Å². The van der Waals surface area contributed by atoms with Gasteiger partial charge < -0.3 is 14.6 Å². The summed E-state index contributed by atoms with van der Waals surface area (Å²) in [6.07, 6.45) is 0. The molecule has 1 aromatic rings. The predicted octanol–water partition coefficient (Wildman–Crippen LogP) is 0.116. The first-order valence-corrected chi connectivity index (χ1v) is 4.04. The molecule has 0 aromatic carbocycles. The minimum absolute atomic E-state index is 0.119. The van der Waals surface area contributed by atoms with Crippen LogP contribution in [-0.4, -0.2) is 34.3 Å². The molecule has 6 heteroatoms. The van der Waals surface area contributed by atoms with Crippen LogP contribution in [0.25, 0.3) is 0 Å². The summed E-state index contributed by atoms with van der Waals surface area (Å²) >= 11 is 0. The second-order valence-electron chi connectivity index (χ2n) is 3.19. The summed E-state index contributed by atoms with van der Waals surface area (Å²) in [4.78, 5) is 11.6. The van der Waals surface area contributed by atoms with E-state index < -0.39 is 5.60 Å². The van der Waals surface area contributed by atoms with Crippen LogP contribution in [0.4, 0.5) is 0 Å². The highest BCUT2D eigenvalue weighted by atomic mass is 16.5. The van der Waals surface area contributed by atoms with Crippen molar-refractivity contribution < 1.29 is 14.6 Å². The van der Waals surface area contributed by atoms with Crippen LogP contribution in [0.2, 0.25) is 0 Å². The number of ether oxygens (including phenoxy) is 2. The van der Waals surface area contributed by atoms with Crippen molar-refractivity contribution in [1.82, 2.24) is 15.0 Å². The van der Waals surface area contributed by atoms with Gasteiger partial charge in [0.05, 0.1) is 14.2 Å². The van der Waals surface area contributed by atoms with Crippen LogP contribution in [0, 0.1) is 0 Å². The standard InChI is InChI=1S/C8H13N3O3/c1-8(2,12)5-9-6(13-3)11-7(10-5)14-4/h12H,1-4H3. The van der Waals surface area contributed by atoms with Gasteiger partial charge in [0, 0.05) is 0 Å². The monoisotopic (exact) mass is 199 g/mol. The first-order valence-electron chi connectivity index (χ1n) is 4.04. The lowest BCUT2D eigenvalue weighted by Gasteiger charge is -2.15. The molecular formula is C8H13N3O3. The predicted molar refractivity (Wildman–Crippen MR) is 48.2 cm³/mol. The molecule has 0 amide bonds. The van der Waals surface area contributed by atoms with E-state index in [1.807, 2.05) is 0 Å². The highest BCUT2D eigenvalue weighted by Gasteiger charge is 2.22. The molecule has 1 rings (SSSR count). The Balaban J connectivity index is 3.17. The summed E-state index contributed by atoms with van der Waals surface area (Å²) in [5, 5.41) is 9.67. The van der Waals surface area contributed by atoms with Crippen molar-refractivity contribution in [2.45, 2.75) is 19.4 Å². The normalized spacial score (nSPS) is 11.2. The zero-order chi connectivity index (χ0) is 10.8. The Labute approximate surface area is 81.9 Å². The third-order valence-corrected chi connectivity index (χ3v) is 1.51. The zero-order valence-corrected chi connectivity index (χ0v) is 8.61. The van der Waals surface area contributed by atoms with Crippen molar-refractivity contribution in [3.05, 3.63) is 5.82 Å². The van der Waals surface area contributed by atoms with Gasteiger partial charge in [-0.3, -0.25) is 0 Å². The average Bonchev–Trinajstić information content (AvgIpc) is 2.15. The second kappa shape index (κ2) is 3.75. The van der Waals surface area contributed by atoms with Crippen LogP contribution in [0.3, 0.4) is 0 Å². The molecule has 1 heterocycles. The Hall–Kier alpha value is -1.43. The molecule has 0 aliphatic heterocycles. The third-order valence-electron chi connectivity index (χ3n) is 1.51. The van der Waals surface area contributed by atoms with Crippen molar-refractivity contribution in [3.8, 4) is 12.0 Å². The van der Waals surface area contributed by atoms with Crippen LogP contribution < -0.4 is 9.47 Å². The summed E-state index contributed by atoms with van der Waals surface area (Å²) in [5.74, 6) is 0.209. The van der Waals surface area contributed by atoms with Crippen molar-refractivity contribution in [2.75, 3.05) is 14.2 Å². The third kappa shape index (κ3) is 2.29. The van der Waals surface area contributed by atoms with Crippen LogP contribution in [0.5, 0.6) is 12.0 Å². The molecule has 0 aliphatic carbocycles. The fourth-order valence-electron chi connectivity index (χ4n) is 0.794. The van der Waals surface area contributed by atoms with Crippen LogP contribution in [-0.2, 0) is 5.60 Å². The number of aromatic nitrogens is 3. The number of nitrogens with zero attached hydrogens (tertiary/aromatic N) is 3. The van der Waals surface area contributed by atoms with E-state index in [1.165, 1.54) is 14.2 Å². The first kappa shape index (κ1) is 10.6. The molecule has 0 bridgehead atoms. The van der Waals surface area contributed by atoms with Crippen molar-refractivity contribution in [1.29, 1.82) is 0 Å². The molecule has 78 valence electrons. The number of hydrogen-bond acceptors (Lipinski definition) is 6. The molecule has 14 heavy (non-hydrogen) atoms. The minimum atomic E-state index is -1.15. The lowest BCUT2D eigenvalue weighted by atomic mass is 10.1. The van der Waals surface area contributed by atoms with Crippen LogP contribution >= 0.6 is 0 Å². The molecule has 1 N–H and O–H groups in total. The second-order valence-corrected chi connectivity index (χ2v) is 3.19. The van der Waals surface area contributed by atoms with Gasteiger partial charge in [-0.05, 0) is 13.8 Å². The van der Waals surface area contributed by atoms with E-state index in [2.05, 4.69) is 15.0 Å². The van der Waals surface area contributed by atoms with Gasteiger partial charge in [0.2, 0.25) is 0 Å². The molecule has 6 nitrogen and oxygen atoms in total. The van der Waals surface area contributed by atoms with Crippen molar-refractivity contribution in [2.24, 2.45) is 0 Å². The summed E-state index contributed by atoms with van der Waals surface area (Å²) in [6, 6.07) is 0.239. The van der Waals surface area contributed by atoms with Crippen LogP contribution in [0.1, 0.15) is 19.7 Å². The zero-order valence-electron chi connectivity index (χ0n) is 8.61. The smallest absolute Gasteiger partial charge is 0.322 e. The number of methoxy groups -OCH3 is 2. The van der Waals surface area contributed by atoms with E-state index in [1.54, 1.807) is 13.8 Å². The lowest BCUT2D eigenvalue weighted by Crippen LogP contribution is -2.20. The van der Waals surface area contributed by atoms with Crippen molar-refractivity contribution in [3.63, 3.8) is 0 Å². The Kier molecular flexibility index (Phi) is 2.85. The quantitative estimate of drug-likeness (QED) is 0.744. The molecular weight excluding hydrogens is 186 g/mol. The van der Waals surface area contributed by atoms with E-state index >= 15 is 0 Å². The molecule has 0 atom stereocenters. The Morgan fingerprint density at radius 3 is 1.71 bits per heavy atom. The van der Waals surface area contributed by atoms with Gasteiger partial charge in [0.15, 0.2) is 5.82 Å². The maximum absolute atomic E-state index is 9.67. The Morgan fingerprint density at radius 1 is 1.00 bits per heavy atom. The van der Waals surface area contributed by atoms with Crippen molar-refractivity contribution >= 4 is 0 Å². The molecule has 1 aromatic heterocycles. The maximum atomic E-state index is 9.67. The van der Waals surface area contributed by atoms with Gasteiger partial charge in [-0.1, -0.05) is 0 Å². The average molecular weight is 199 g/mol. The Morgan fingerprint density at radius 2 is 1.43 bits per heavy atom. The largest absolute Gasteiger partial charge is 0.467 e. The SMILES string of the molecule is COc1nc(OC)nc(C(C)(C)O)n1. The fourth-order valence-corrected chi connectivity index (χ4v) is 0.794. The van der Waals surface area contributed by atoms with Gasteiger partial charge in [0.1, 0.15) is 5.60 Å². The minimum Gasteiger partial charge on any atom is -0.467 e.